The van der Waals surface area contributed by atoms with Crippen LogP contribution in [0.2, 0.25) is 0 Å². The molecule has 0 N–H and O–H groups in total. The van der Waals surface area contributed by atoms with Crippen LogP contribution < -0.4 is 0 Å². The predicted octanol–water partition coefficient (Wildman–Crippen LogP) is 4.79. The third-order valence-corrected chi connectivity index (χ3v) is 7.48. The van der Waals surface area contributed by atoms with Crippen LogP contribution in [0.1, 0.15) is 45.1 Å². The Morgan fingerprint density at radius 2 is 1.54 bits per heavy atom. The van der Waals surface area contributed by atoms with Gasteiger partial charge in [0.05, 0.1) is 21.6 Å². The number of hydrogen-bond donors (Lipinski definition) is 0. The van der Waals surface area contributed by atoms with Gasteiger partial charge in [0, 0.05) is 17.1 Å². The lowest BCUT2D eigenvalue weighted by molar-refractivity contribution is -0.0895. The van der Waals surface area contributed by atoms with Gasteiger partial charge in [0.25, 0.3) is 10.0 Å². The molecule has 4 rings (SSSR count). The molecule has 3 aromatic rings. The van der Waals surface area contributed by atoms with Gasteiger partial charge in [-0.05, 0) is 70.5 Å². The molecule has 1 aliphatic heterocycles. The zero-order valence-corrected chi connectivity index (χ0v) is 17.6. The molecule has 0 saturated carbocycles. The highest BCUT2D eigenvalue weighted by molar-refractivity contribution is 7.90. The van der Waals surface area contributed by atoms with Crippen molar-refractivity contribution < 1.29 is 17.9 Å². The summed E-state index contributed by atoms with van der Waals surface area (Å²) in [6, 6.07) is 14.2. The summed E-state index contributed by atoms with van der Waals surface area (Å²) in [6.45, 7) is 9.97. The van der Waals surface area contributed by atoms with Crippen molar-refractivity contribution in [3.05, 3.63) is 65.9 Å². The van der Waals surface area contributed by atoms with E-state index in [0.717, 1.165) is 16.5 Å². The standard InChI is InChI=1S/C22H25NO4S/c1-15-13-17(20-26-21(2,3)22(4,5)27-20)14-16-11-12-23(19(15)16)28(24,25)18-9-7-6-8-10-18/h6-14,20H,1-5H3. The van der Waals surface area contributed by atoms with Crippen LogP contribution >= 0.6 is 0 Å². The minimum absolute atomic E-state index is 0.266. The Morgan fingerprint density at radius 1 is 0.929 bits per heavy atom. The summed E-state index contributed by atoms with van der Waals surface area (Å²) >= 11 is 0. The van der Waals surface area contributed by atoms with E-state index in [1.54, 1.807) is 36.5 Å². The minimum atomic E-state index is -3.66. The van der Waals surface area contributed by atoms with E-state index in [1.807, 2.05) is 52.8 Å². The summed E-state index contributed by atoms with van der Waals surface area (Å²) in [5.74, 6) is 0. The topological polar surface area (TPSA) is 57.5 Å². The summed E-state index contributed by atoms with van der Waals surface area (Å²) in [7, 11) is -3.66. The highest BCUT2D eigenvalue weighted by Crippen LogP contribution is 2.45. The van der Waals surface area contributed by atoms with Gasteiger partial charge in [0.15, 0.2) is 6.29 Å². The maximum Gasteiger partial charge on any atom is 0.268 e. The average molecular weight is 400 g/mol. The molecule has 1 saturated heterocycles. The minimum Gasteiger partial charge on any atom is -0.339 e. The van der Waals surface area contributed by atoms with E-state index in [4.69, 9.17) is 9.47 Å². The number of ether oxygens (including phenoxy) is 2. The smallest absolute Gasteiger partial charge is 0.268 e. The molecule has 0 unspecified atom stereocenters. The van der Waals surface area contributed by atoms with Gasteiger partial charge in [-0.3, -0.25) is 0 Å². The lowest BCUT2D eigenvalue weighted by Crippen LogP contribution is -2.41. The summed E-state index contributed by atoms with van der Waals surface area (Å²) in [4.78, 5) is 0.266. The highest BCUT2D eigenvalue weighted by Gasteiger charge is 2.49. The second kappa shape index (κ2) is 6.17. The number of benzene rings is 2. The van der Waals surface area contributed by atoms with E-state index in [-0.39, 0.29) is 4.90 Å². The summed E-state index contributed by atoms with van der Waals surface area (Å²) in [5.41, 5.74) is 1.56. The van der Waals surface area contributed by atoms with Crippen molar-refractivity contribution >= 4 is 20.9 Å². The molecule has 28 heavy (non-hydrogen) atoms. The normalized spacial score (nSPS) is 19.3. The van der Waals surface area contributed by atoms with Crippen LogP contribution in [0.3, 0.4) is 0 Å². The van der Waals surface area contributed by atoms with Gasteiger partial charge in [-0.25, -0.2) is 12.4 Å². The Morgan fingerprint density at radius 3 is 2.14 bits per heavy atom. The zero-order chi connectivity index (χ0) is 20.3. The van der Waals surface area contributed by atoms with E-state index < -0.39 is 27.5 Å². The predicted molar refractivity (Wildman–Crippen MR) is 109 cm³/mol. The third-order valence-electron chi connectivity index (χ3n) is 5.79. The lowest BCUT2D eigenvalue weighted by atomic mass is 9.90. The van der Waals surface area contributed by atoms with Crippen LogP contribution in [0.5, 0.6) is 0 Å². The zero-order valence-electron chi connectivity index (χ0n) is 16.8. The molecule has 0 radical (unpaired) electrons. The maximum absolute atomic E-state index is 13.1. The molecule has 6 heteroatoms. The van der Waals surface area contributed by atoms with Crippen molar-refractivity contribution in [1.29, 1.82) is 0 Å². The van der Waals surface area contributed by atoms with Gasteiger partial charge in [-0.15, -0.1) is 0 Å². The average Bonchev–Trinajstić information content (AvgIpc) is 3.15. The summed E-state index contributed by atoms with van der Waals surface area (Å²) < 4.78 is 39.8. The molecular formula is C22H25NO4S. The fraction of sp³-hybridized carbons (Fsp3) is 0.364. The number of rotatable bonds is 3. The Balaban J connectivity index is 1.80. The van der Waals surface area contributed by atoms with Gasteiger partial charge >= 0.3 is 0 Å². The Bertz CT molecular complexity index is 1130. The first kappa shape index (κ1) is 19.2. The first-order chi connectivity index (χ1) is 13.0. The lowest BCUT2D eigenvalue weighted by Gasteiger charge is -2.30. The number of fused-ring (bicyclic) bond motifs is 1. The molecule has 148 valence electrons. The van der Waals surface area contributed by atoms with Gasteiger partial charge in [0.1, 0.15) is 0 Å². The highest BCUT2D eigenvalue weighted by atomic mass is 32.2. The van der Waals surface area contributed by atoms with Gasteiger partial charge in [-0.2, -0.15) is 0 Å². The maximum atomic E-state index is 13.1. The molecule has 0 spiro atoms. The number of nitrogens with zero attached hydrogens (tertiary/aromatic N) is 1. The Labute approximate surface area is 165 Å². The third kappa shape index (κ3) is 2.87. The van der Waals surface area contributed by atoms with Crippen LogP contribution in [-0.4, -0.2) is 23.6 Å². The molecule has 5 nitrogen and oxygen atoms in total. The molecule has 2 heterocycles. The van der Waals surface area contributed by atoms with Gasteiger partial charge < -0.3 is 9.47 Å². The first-order valence-corrected chi connectivity index (χ1v) is 10.7. The van der Waals surface area contributed by atoms with Gasteiger partial charge in [-0.1, -0.05) is 18.2 Å². The molecule has 0 amide bonds. The quantitative estimate of drug-likeness (QED) is 0.635. The molecule has 0 bridgehead atoms. The summed E-state index contributed by atoms with van der Waals surface area (Å²) in [6.07, 6.45) is 1.12. The van der Waals surface area contributed by atoms with Crippen LogP contribution in [0.15, 0.2) is 59.6 Å². The first-order valence-electron chi connectivity index (χ1n) is 9.31. The molecule has 2 aromatic carbocycles. The fourth-order valence-electron chi connectivity index (χ4n) is 3.51. The number of aromatic nitrogens is 1. The van der Waals surface area contributed by atoms with Crippen molar-refractivity contribution in [3.63, 3.8) is 0 Å². The second-order valence-corrected chi connectivity index (χ2v) is 10.1. The SMILES string of the molecule is Cc1cc(C2OC(C)(C)C(C)(C)O2)cc2ccn(S(=O)(=O)c3ccccc3)c12. The Kier molecular flexibility index (Phi) is 4.23. The second-order valence-electron chi connectivity index (χ2n) is 8.29. The van der Waals surface area contributed by atoms with E-state index in [0.29, 0.717) is 5.52 Å². The Hall–Kier alpha value is -2.15. The van der Waals surface area contributed by atoms with Crippen molar-refractivity contribution in [2.24, 2.45) is 0 Å². The van der Waals surface area contributed by atoms with E-state index in [9.17, 15) is 8.42 Å². The van der Waals surface area contributed by atoms with Crippen LogP contribution in [-0.2, 0) is 19.5 Å². The van der Waals surface area contributed by atoms with Gasteiger partial charge in [0.2, 0.25) is 0 Å². The largest absolute Gasteiger partial charge is 0.339 e. The monoisotopic (exact) mass is 399 g/mol. The fourth-order valence-corrected chi connectivity index (χ4v) is 4.95. The van der Waals surface area contributed by atoms with Crippen molar-refractivity contribution in [3.8, 4) is 0 Å². The molecule has 0 aliphatic carbocycles. The molecule has 1 fully saturated rings. The van der Waals surface area contributed by atoms with Crippen molar-refractivity contribution in [2.75, 3.05) is 0 Å². The molecule has 1 aromatic heterocycles. The van der Waals surface area contributed by atoms with Crippen LogP contribution in [0.4, 0.5) is 0 Å². The van der Waals surface area contributed by atoms with Crippen LogP contribution in [0, 0.1) is 6.92 Å². The molecule has 1 aliphatic rings. The van der Waals surface area contributed by atoms with E-state index in [2.05, 4.69) is 0 Å². The van der Waals surface area contributed by atoms with E-state index in [1.165, 1.54) is 3.97 Å². The van der Waals surface area contributed by atoms with E-state index >= 15 is 0 Å². The molecular weight excluding hydrogens is 374 g/mol. The van der Waals surface area contributed by atoms with Crippen LogP contribution in [0.25, 0.3) is 10.9 Å². The number of hydrogen-bond acceptors (Lipinski definition) is 4. The van der Waals surface area contributed by atoms with Crippen molar-refractivity contribution in [1.82, 2.24) is 3.97 Å². The summed E-state index contributed by atoms with van der Waals surface area (Å²) in [5, 5.41) is 0.837. The molecule has 0 atom stereocenters. The van der Waals surface area contributed by atoms with Crippen molar-refractivity contribution in [2.45, 2.75) is 57.0 Å². The number of aryl methyl sites for hydroxylation is 1.